The molecule has 0 atom stereocenters. The van der Waals surface area contributed by atoms with E-state index >= 15 is 0 Å². The summed E-state index contributed by atoms with van der Waals surface area (Å²) in [5.41, 5.74) is 1.24. The fraction of sp³-hybridized carbons (Fsp3) is 0.545. The molecule has 0 heterocycles. The van der Waals surface area contributed by atoms with Gasteiger partial charge in [0.25, 0.3) is 0 Å². The van der Waals surface area contributed by atoms with Gasteiger partial charge >= 0.3 is 0 Å². The lowest BCUT2D eigenvalue weighted by atomic mass is 10.0. The number of hydrogen-bond acceptors (Lipinski definition) is 2. The molecule has 0 aliphatic rings. The van der Waals surface area contributed by atoms with Gasteiger partial charge in [0.2, 0.25) is 0 Å². The Labute approximate surface area is 161 Å². The molecule has 0 bridgehead atoms. The van der Waals surface area contributed by atoms with E-state index in [-0.39, 0.29) is 0 Å². The average molecular weight is 407 g/mol. The van der Waals surface area contributed by atoms with Crippen LogP contribution in [0.2, 0.25) is 0 Å². The van der Waals surface area contributed by atoms with E-state index in [0.29, 0.717) is 0 Å². The molecule has 0 fully saturated rings. The number of fused-ring (bicyclic) bond motifs is 1. The molecular weight excluding hydrogens is 376 g/mol. The second-order valence-corrected chi connectivity index (χ2v) is 7.21. The van der Waals surface area contributed by atoms with Gasteiger partial charge in [0.1, 0.15) is 11.5 Å². The van der Waals surface area contributed by atoms with E-state index < -0.39 is 0 Å². The molecule has 0 spiro atoms. The first-order valence-corrected chi connectivity index (χ1v) is 10.8. The topological polar surface area (TPSA) is 18.5 Å². The predicted molar refractivity (Wildman–Crippen MR) is 111 cm³/mol. The minimum absolute atomic E-state index is 0.779. The maximum absolute atomic E-state index is 6.16. The van der Waals surface area contributed by atoms with Gasteiger partial charge in [0, 0.05) is 16.1 Å². The third kappa shape index (κ3) is 5.91. The molecule has 0 N–H and O–H groups in total. The second-order valence-electron chi connectivity index (χ2n) is 6.42. The number of halogens is 1. The molecule has 138 valence electrons. The molecule has 0 radical (unpaired) electrons. The summed E-state index contributed by atoms with van der Waals surface area (Å²) < 4.78 is 12.3. The van der Waals surface area contributed by atoms with E-state index in [4.69, 9.17) is 9.47 Å². The fourth-order valence-electron chi connectivity index (χ4n) is 2.97. The minimum atomic E-state index is 0.779. The highest BCUT2D eigenvalue weighted by Gasteiger charge is 2.13. The van der Waals surface area contributed by atoms with E-state index in [9.17, 15) is 0 Å². The van der Waals surface area contributed by atoms with Crippen molar-refractivity contribution in [2.45, 2.75) is 58.8 Å². The SMILES string of the molecule is CCCCOc1c(CC)cc(OCCCCCCBr)c2ccccc12. The van der Waals surface area contributed by atoms with E-state index in [1.54, 1.807) is 0 Å². The molecule has 2 rings (SSSR count). The third-order valence-corrected chi connectivity index (χ3v) is 5.01. The molecule has 0 unspecified atom stereocenters. The molecular formula is C22H31BrO2. The molecule has 0 saturated carbocycles. The quantitative estimate of drug-likeness (QED) is 0.281. The van der Waals surface area contributed by atoms with Crippen LogP contribution in [0.25, 0.3) is 10.8 Å². The average Bonchev–Trinajstić information content (AvgIpc) is 2.65. The summed E-state index contributed by atoms with van der Waals surface area (Å²) in [7, 11) is 0. The van der Waals surface area contributed by atoms with Crippen molar-refractivity contribution in [3.63, 3.8) is 0 Å². The molecule has 2 aromatic rings. The first-order valence-electron chi connectivity index (χ1n) is 9.68. The summed E-state index contributed by atoms with van der Waals surface area (Å²) in [6, 6.07) is 10.6. The van der Waals surface area contributed by atoms with Crippen LogP contribution in [0.4, 0.5) is 0 Å². The van der Waals surface area contributed by atoms with Crippen LogP contribution < -0.4 is 9.47 Å². The van der Waals surface area contributed by atoms with E-state index in [1.165, 1.54) is 30.2 Å². The summed E-state index contributed by atoms with van der Waals surface area (Å²) in [6.45, 7) is 5.94. The first kappa shape index (κ1) is 20.1. The molecule has 0 saturated heterocycles. The predicted octanol–water partition coefficient (Wildman–Crippen LogP) is 6.92. The lowest BCUT2D eigenvalue weighted by Crippen LogP contribution is -2.03. The minimum Gasteiger partial charge on any atom is -0.493 e. The smallest absolute Gasteiger partial charge is 0.130 e. The number of aryl methyl sites for hydroxylation is 1. The van der Waals surface area contributed by atoms with Crippen LogP contribution >= 0.6 is 15.9 Å². The Hall–Kier alpha value is -1.22. The van der Waals surface area contributed by atoms with Crippen molar-refractivity contribution in [2.75, 3.05) is 18.5 Å². The normalized spacial score (nSPS) is 11.0. The number of unbranched alkanes of at least 4 members (excludes halogenated alkanes) is 4. The van der Waals surface area contributed by atoms with Crippen LogP contribution in [0.1, 0.15) is 57.9 Å². The zero-order valence-electron chi connectivity index (χ0n) is 15.7. The molecule has 0 aromatic heterocycles. The maximum Gasteiger partial charge on any atom is 0.130 e. The number of hydrogen-bond donors (Lipinski definition) is 0. The summed E-state index contributed by atoms with van der Waals surface area (Å²) in [5, 5.41) is 3.43. The first-order chi connectivity index (χ1) is 12.3. The lowest BCUT2D eigenvalue weighted by molar-refractivity contribution is 0.302. The lowest BCUT2D eigenvalue weighted by Gasteiger charge is -2.17. The van der Waals surface area contributed by atoms with Crippen molar-refractivity contribution in [3.8, 4) is 11.5 Å². The standard InChI is InChI=1S/C22H31BrO2/c1-3-5-15-25-22-18(4-2)17-21(19-12-8-9-13-20(19)22)24-16-11-7-6-10-14-23/h8-9,12-13,17H,3-7,10-11,14-16H2,1-2H3. The molecule has 0 amide bonds. The van der Waals surface area contributed by atoms with Crippen LogP contribution in [0, 0.1) is 0 Å². The monoisotopic (exact) mass is 406 g/mol. The van der Waals surface area contributed by atoms with E-state index in [0.717, 1.165) is 61.1 Å². The number of ether oxygens (including phenoxy) is 2. The van der Waals surface area contributed by atoms with Crippen molar-refractivity contribution in [3.05, 3.63) is 35.9 Å². The van der Waals surface area contributed by atoms with Gasteiger partial charge < -0.3 is 9.47 Å². The number of benzene rings is 2. The highest BCUT2D eigenvalue weighted by molar-refractivity contribution is 9.09. The van der Waals surface area contributed by atoms with Gasteiger partial charge in [0.15, 0.2) is 0 Å². The van der Waals surface area contributed by atoms with Gasteiger partial charge in [-0.1, -0.05) is 73.3 Å². The summed E-state index contributed by atoms with van der Waals surface area (Å²) >= 11 is 3.48. The molecule has 2 nitrogen and oxygen atoms in total. The largest absolute Gasteiger partial charge is 0.493 e. The zero-order valence-corrected chi connectivity index (χ0v) is 17.2. The Bertz CT molecular complexity index is 639. The fourth-order valence-corrected chi connectivity index (χ4v) is 3.37. The van der Waals surface area contributed by atoms with Crippen molar-refractivity contribution < 1.29 is 9.47 Å². The van der Waals surface area contributed by atoms with Crippen LogP contribution in [0.15, 0.2) is 30.3 Å². The van der Waals surface area contributed by atoms with Crippen LogP contribution in [-0.4, -0.2) is 18.5 Å². The molecule has 0 aliphatic heterocycles. The molecule has 2 aromatic carbocycles. The van der Waals surface area contributed by atoms with E-state index in [1.807, 2.05) is 0 Å². The van der Waals surface area contributed by atoms with Crippen molar-refractivity contribution in [1.82, 2.24) is 0 Å². The maximum atomic E-state index is 6.16. The van der Waals surface area contributed by atoms with Gasteiger partial charge in [-0.3, -0.25) is 0 Å². The van der Waals surface area contributed by atoms with Crippen LogP contribution in [0.5, 0.6) is 11.5 Å². The van der Waals surface area contributed by atoms with Gasteiger partial charge in [-0.25, -0.2) is 0 Å². The van der Waals surface area contributed by atoms with Crippen LogP contribution in [-0.2, 0) is 6.42 Å². The van der Waals surface area contributed by atoms with Gasteiger partial charge in [-0.05, 0) is 37.3 Å². The van der Waals surface area contributed by atoms with Crippen molar-refractivity contribution >= 4 is 26.7 Å². The molecule has 25 heavy (non-hydrogen) atoms. The van der Waals surface area contributed by atoms with Gasteiger partial charge in [-0.15, -0.1) is 0 Å². The Morgan fingerprint density at radius 3 is 2.28 bits per heavy atom. The third-order valence-electron chi connectivity index (χ3n) is 4.44. The Morgan fingerprint density at radius 2 is 1.56 bits per heavy atom. The number of alkyl halides is 1. The highest BCUT2D eigenvalue weighted by Crippen LogP contribution is 2.37. The summed E-state index contributed by atoms with van der Waals surface area (Å²) in [6.07, 6.45) is 8.03. The second kappa shape index (κ2) is 11.4. The Morgan fingerprint density at radius 1 is 0.840 bits per heavy atom. The zero-order chi connectivity index (χ0) is 17.9. The van der Waals surface area contributed by atoms with Gasteiger partial charge in [0.05, 0.1) is 13.2 Å². The molecule has 0 aliphatic carbocycles. The van der Waals surface area contributed by atoms with Crippen molar-refractivity contribution in [1.29, 1.82) is 0 Å². The Kier molecular flexibility index (Phi) is 9.17. The highest BCUT2D eigenvalue weighted by atomic mass is 79.9. The van der Waals surface area contributed by atoms with Crippen molar-refractivity contribution in [2.24, 2.45) is 0 Å². The van der Waals surface area contributed by atoms with E-state index in [2.05, 4.69) is 60.1 Å². The molecule has 3 heteroatoms. The summed E-state index contributed by atoms with van der Waals surface area (Å²) in [5.74, 6) is 2.03. The summed E-state index contributed by atoms with van der Waals surface area (Å²) in [4.78, 5) is 0. The van der Waals surface area contributed by atoms with Gasteiger partial charge in [-0.2, -0.15) is 0 Å². The number of rotatable bonds is 12. The van der Waals surface area contributed by atoms with Crippen LogP contribution in [0.3, 0.4) is 0 Å². The Balaban J connectivity index is 2.16.